The quantitative estimate of drug-likeness (QED) is 0.476. The lowest BCUT2D eigenvalue weighted by molar-refractivity contribution is -0.220. The van der Waals surface area contributed by atoms with E-state index < -0.39 is 54.6 Å². The topological polar surface area (TPSA) is 115 Å². The van der Waals surface area contributed by atoms with Gasteiger partial charge < -0.3 is 23.7 Å². The maximum Gasteiger partial charge on any atom is 0.509 e. The highest BCUT2D eigenvalue weighted by Gasteiger charge is 2.65. The van der Waals surface area contributed by atoms with Crippen molar-refractivity contribution in [2.45, 2.75) is 52.0 Å². The summed E-state index contributed by atoms with van der Waals surface area (Å²) >= 11 is 0. The standard InChI is InChI=1S/C19H23FN2O8/c1-10(2)6-8-26-12-5-7-22(17(24)21-12)15-13-14(29-18(25)28-13)19(20,30-15)9-27-16(23)11(3)4/h5-7,11,13-15H,8-9H2,1-4H3/t13-,14+,15-,19-/m1/s1. The number of allylic oxidation sites excluding steroid dienone is 1. The summed E-state index contributed by atoms with van der Waals surface area (Å²) in [6, 6.07) is 1.40. The molecule has 2 saturated heterocycles. The number of carbonyl (C=O) groups is 2. The van der Waals surface area contributed by atoms with Crippen LogP contribution in [0.15, 0.2) is 28.7 Å². The first-order valence-electron chi connectivity index (χ1n) is 9.36. The fourth-order valence-electron chi connectivity index (χ4n) is 2.88. The Labute approximate surface area is 171 Å². The fraction of sp³-hybridized carbons (Fsp3) is 0.579. The van der Waals surface area contributed by atoms with Gasteiger partial charge in [0.2, 0.25) is 12.0 Å². The van der Waals surface area contributed by atoms with Crippen molar-refractivity contribution in [3.8, 4) is 5.88 Å². The molecule has 30 heavy (non-hydrogen) atoms. The minimum absolute atomic E-state index is 0.0698. The third kappa shape index (κ3) is 4.45. The molecule has 0 amide bonds. The van der Waals surface area contributed by atoms with Gasteiger partial charge in [-0.25, -0.2) is 14.0 Å². The zero-order valence-corrected chi connectivity index (χ0v) is 17.0. The highest BCUT2D eigenvalue weighted by Crippen LogP contribution is 2.44. The van der Waals surface area contributed by atoms with Crippen LogP contribution in [0.4, 0.5) is 9.18 Å². The smallest absolute Gasteiger partial charge is 0.473 e. The highest BCUT2D eigenvalue weighted by molar-refractivity contribution is 5.71. The Bertz CT molecular complexity index is 910. The average Bonchev–Trinajstić information content (AvgIpc) is 3.17. The third-order valence-corrected chi connectivity index (χ3v) is 4.46. The van der Waals surface area contributed by atoms with Crippen molar-refractivity contribution in [2.75, 3.05) is 13.2 Å². The molecular formula is C19H23FN2O8. The van der Waals surface area contributed by atoms with Crippen LogP contribution in [0.1, 0.15) is 33.9 Å². The molecule has 3 rings (SSSR count). The van der Waals surface area contributed by atoms with Gasteiger partial charge in [0.15, 0.2) is 18.9 Å². The van der Waals surface area contributed by atoms with Gasteiger partial charge in [-0.1, -0.05) is 19.4 Å². The van der Waals surface area contributed by atoms with Crippen molar-refractivity contribution in [1.29, 1.82) is 0 Å². The second-order valence-corrected chi connectivity index (χ2v) is 7.48. The number of halogens is 1. The maximum atomic E-state index is 15.4. The van der Waals surface area contributed by atoms with Crippen LogP contribution in [-0.2, 0) is 23.7 Å². The van der Waals surface area contributed by atoms with Crippen LogP contribution in [0, 0.1) is 5.92 Å². The molecule has 11 heteroatoms. The molecule has 0 saturated carbocycles. The number of esters is 1. The first kappa shape index (κ1) is 21.8. The van der Waals surface area contributed by atoms with Crippen LogP contribution < -0.4 is 10.4 Å². The largest absolute Gasteiger partial charge is 0.509 e. The molecule has 0 N–H and O–H groups in total. The van der Waals surface area contributed by atoms with Crippen molar-refractivity contribution in [3.63, 3.8) is 0 Å². The van der Waals surface area contributed by atoms with Gasteiger partial charge in [0.05, 0.1) is 5.92 Å². The average molecular weight is 426 g/mol. The molecule has 0 aromatic carbocycles. The van der Waals surface area contributed by atoms with E-state index in [1.165, 1.54) is 12.3 Å². The van der Waals surface area contributed by atoms with Gasteiger partial charge in [-0.3, -0.25) is 9.36 Å². The molecule has 3 heterocycles. The van der Waals surface area contributed by atoms with Crippen molar-refractivity contribution in [1.82, 2.24) is 9.55 Å². The van der Waals surface area contributed by atoms with Crippen LogP contribution in [-0.4, -0.2) is 53.0 Å². The predicted molar refractivity (Wildman–Crippen MR) is 98.3 cm³/mol. The van der Waals surface area contributed by atoms with E-state index in [0.717, 1.165) is 10.1 Å². The van der Waals surface area contributed by atoms with E-state index in [4.69, 9.17) is 23.7 Å². The van der Waals surface area contributed by atoms with E-state index >= 15 is 4.39 Å². The van der Waals surface area contributed by atoms with Gasteiger partial charge in [-0.2, -0.15) is 4.98 Å². The summed E-state index contributed by atoms with van der Waals surface area (Å²) in [6.07, 6.45) is -2.17. The molecule has 1 aromatic rings. The Morgan fingerprint density at radius 3 is 2.73 bits per heavy atom. The molecule has 2 aliphatic heterocycles. The SMILES string of the molecule is CC(C)=CCOc1ccn([C@@H]2O[C@](F)(COC(=O)C(C)C)[C@H]3OC(=O)O[C@@H]23)c(=O)n1. The molecule has 0 bridgehead atoms. The molecule has 0 unspecified atom stereocenters. The van der Waals surface area contributed by atoms with Gasteiger partial charge in [-0.05, 0) is 19.9 Å². The number of hydrogen-bond donors (Lipinski definition) is 0. The summed E-state index contributed by atoms with van der Waals surface area (Å²) in [4.78, 5) is 39.5. The number of alkyl halides is 1. The molecule has 0 spiro atoms. The molecule has 0 radical (unpaired) electrons. The lowest BCUT2D eigenvalue weighted by Crippen LogP contribution is -2.43. The molecule has 0 aliphatic carbocycles. The lowest BCUT2D eigenvalue weighted by atomic mass is 10.1. The van der Waals surface area contributed by atoms with Gasteiger partial charge >= 0.3 is 17.8 Å². The van der Waals surface area contributed by atoms with Gasteiger partial charge in [0.25, 0.3) is 5.85 Å². The summed E-state index contributed by atoms with van der Waals surface area (Å²) in [5.74, 6) is -3.77. The Morgan fingerprint density at radius 1 is 1.37 bits per heavy atom. The normalized spacial score (nSPS) is 27.3. The van der Waals surface area contributed by atoms with Gasteiger partial charge in [-0.15, -0.1) is 0 Å². The molecule has 10 nitrogen and oxygen atoms in total. The molecule has 2 aliphatic rings. The molecule has 4 atom stereocenters. The highest BCUT2D eigenvalue weighted by atomic mass is 19.2. The number of rotatable bonds is 7. The Hall–Kier alpha value is -2.95. The Kier molecular flexibility index (Phi) is 6.11. The van der Waals surface area contributed by atoms with Crippen LogP contribution in [0.5, 0.6) is 5.88 Å². The molecule has 1 aromatic heterocycles. The molecule has 2 fully saturated rings. The van der Waals surface area contributed by atoms with Crippen molar-refractivity contribution in [3.05, 3.63) is 34.4 Å². The summed E-state index contributed by atoms with van der Waals surface area (Å²) in [6.45, 7) is 6.36. The Morgan fingerprint density at radius 2 is 2.10 bits per heavy atom. The summed E-state index contributed by atoms with van der Waals surface area (Å²) in [5, 5.41) is 0. The van der Waals surface area contributed by atoms with Crippen molar-refractivity contribution in [2.24, 2.45) is 5.92 Å². The minimum Gasteiger partial charge on any atom is -0.473 e. The first-order valence-corrected chi connectivity index (χ1v) is 9.36. The number of carbonyl (C=O) groups excluding carboxylic acids is 2. The summed E-state index contributed by atoms with van der Waals surface area (Å²) in [7, 11) is 0. The number of nitrogens with zero attached hydrogens (tertiary/aromatic N) is 2. The lowest BCUT2D eigenvalue weighted by Gasteiger charge is -2.23. The van der Waals surface area contributed by atoms with E-state index in [1.807, 2.05) is 19.9 Å². The minimum atomic E-state index is -2.69. The third-order valence-electron chi connectivity index (χ3n) is 4.46. The number of ether oxygens (including phenoxy) is 5. The van der Waals surface area contributed by atoms with Crippen LogP contribution in [0.3, 0.4) is 0 Å². The van der Waals surface area contributed by atoms with Crippen LogP contribution >= 0.6 is 0 Å². The van der Waals surface area contributed by atoms with E-state index in [2.05, 4.69) is 4.98 Å². The van der Waals surface area contributed by atoms with E-state index in [-0.39, 0.29) is 12.5 Å². The van der Waals surface area contributed by atoms with Gasteiger partial charge in [0.1, 0.15) is 6.61 Å². The number of aromatic nitrogens is 2. The summed E-state index contributed by atoms with van der Waals surface area (Å²) < 4.78 is 41.9. The zero-order valence-electron chi connectivity index (χ0n) is 17.0. The van der Waals surface area contributed by atoms with Crippen LogP contribution in [0.2, 0.25) is 0 Å². The molecular weight excluding hydrogens is 403 g/mol. The zero-order chi connectivity index (χ0) is 22.1. The van der Waals surface area contributed by atoms with Gasteiger partial charge in [0, 0.05) is 12.3 Å². The van der Waals surface area contributed by atoms with E-state index in [1.54, 1.807) is 13.8 Å². The number of hydrogen-bond acceptors (Lipinski definition) is 9. The predicted octanol–water partition coefficient (Wildman–Crippen LogP) is 1.89. The van der Waals surface area contributed by atoms with Crippen molar-refractivity contribution >= 4 is 12.1 Å². The monoisotopic (exact) mass is 426 g/mol. The van der Waals surface area contributed by atoms with E-state index in [0.29, 0.717) is 0 Å². The van der Waals surface area contributed by atoms with Crippen molar-refractivity contribution < 1.29 is 37.7 Å². The fourth-order valence-corrected chi connectivity index (χ4v) is 2.88. The maximum absolute atomic E-state index is 15.4. The van der Waals surface area contributed by atoms with E-state index in [9.17, 15) is 14.4 Å². The first-order chi connectivity index (χ1) is 14.1. The summed E-state index contributed by atoms with van der Waals surface area (Å²) in [5.41, 5.74) is 0.231. The second-order valence-electron chi connectivity index (χ2n) is 7.48. The molecule has 164 valence electrons. The Balaban J connectivity index is 1.80. The second kappa shape index (κ2) is 8.42. The van der Waals surface area contributed by atoms with Crippen LogP contribution in [0.25, 0.3) is 0 Å². The number of fused-ring (bicyclic) bond motifs is 1.